The Hall–Kier alpha value is -1.68. The molecule has 128 valence electrons. The Morgan fingerprint density at radius 1 is 0.880 bits per heavy atom. The molecule has 0 heterocycles. The zero-order valence-corrected chi connectivity index (χ0v) is 16.4. The van der Waals surface area contributed by atoms with Crippen molar-refractivity contribution >= 4 is 44.8 Å². The van der Waals surface area contributed by atoms with E-state index in [-0.39, 0.29) is 0 Å². The van der Waals surface area contributed by atoms with Crippen molar-refractivity contribution in [3.05, 3.63) is 92.4 Å². The van der Waals surface area contributed by atoms with Crippen LogP contribution in [0.25, 0.3) is 0 Å². The summed E-state index contributed by atoms with van der Waals surface area (Å²) in [6.45, 7) is 1.13. The van der Waals surface area contributed by atoms with Crippen molar-refractivity contribution in [3.8, 4) is 5.75 Å². The van der Waals surface area contributed by atoms with E-state index in [1.165, 1.54) is 0 Å². The monoisotopic (exact) mass is 435 g/mol. The first-order valence-electron chi connectivity index (χ1n) is 7.76. The first kappa shape index (κ1) is 18.1. The second-order valence-corrected chi connectivity index (χ2v) is 7.18. The molecule has 3 rings (SSSR count). The van der Waals surface area contributed by atoms with Crippen LogP contribution in [-0.2, 0) is 13.2 Å². The zero-order chi connectivity index (χ0) is 17.6. The highest BCUT2D eigenvalue weighted by Crippen LogP contribution is 2.26. The van der Waals surface area contributed by atoms with E-state index in [0.29, 0.717) is 23.2 Å². The van der Waals surface area contributed by atoms with Crippen molar-refractivity contribution in [1.82, 2.24) is 0 Å². The fourth-order valence-electron chi connectivity index (χ4n) is 2.33. The standard InChI is InChI=1S/C20H16BrCl2NO/c21-18-9-8-16(11-20(18)23)24-12-14-4-3-6-17(10-14)25-13-15-5-1-2-7-19(15)22/h1-11,24H,12-13H2. The minimum absolute atomic E-state index is 0.443. The third kappa shape index (κ3) is 5.15. The molecule has 0 fully saturated rings. The Labute approximate surface area is 165 Å². The first-order chi connectivity index (χ1) is 12.1. The lowest BCUT2D eigenvalue weighted by atomic mass is 10.2. The minimum atomic E-state index is 0.443. The predicted octanol–water partition coefficient (Wildman–Crippen LogP) is 6.95. The predicted molar refractivity (Wildman–Crippen MR) is 109 cm³/mol. The minimum Gasteiger partial charge on any atom is -0.489 e. The van der Waals surface area contributed by atoms with E-state index < -0.39 is 0 Å². The molecule has 2 nitrogen and oxygen atoms in total. The summed E-state index contributed by atoms with van der Waals surface area (Å²) < 4.78 is 6.74. The van der Waals surface area contributed by atoms with Gasteiger partial charge in [-0.15, -0.1) is 0 Å². The molecule has 0 aliphatic rings. The quantitative estimate of drug-likeness (QED) is 0.451. The van der Waals surface area contributed by atoms with Gasteiger partial charge in [0.15, 0.2) is 0 Å². The van der Waals surface area contributed by atoms with Gasteiger partial charge in [-0.2, -0.15) is 0 Å². The maximum atomic E-state index is 6.16. The van der Waals surface area contributed by atoms with Gasteiger partial charge in [0, 0.05) is 27.3 Å². The molecule has 0 aliphatic heterocycles. The normalized spacial score (nSPS) is 10.5. The highest BCUT2D eigenvalue weighted by molar-refractivity contribution is 9.10. The number of nitrogens with one attached hydrogen (secondary N) is 1. The maximum Gasteiger partial charge on any atom is 0.120 e. The van der Waals surface area contributed by atoms with Crippen molar-refractivity contribution in [1.29, 1.82) is 0 Å². The van der Waals surface area contributed by atoms with Gasteiger partial charge >= 0.3 is 0 Å². The smallest absolute Gasteiger partial charge is 0.120 e. The SMILES string of the molecule is Clc1cc(NCc2cccc(OCc3ccccc3Cl)c2)ccc1Br. The Kier molecular flexibility index (Phi) is 6.24. The van der Waals surface area contributed by atoms with Crippen LogP contribution >= 0.6 is 39.1 Å². The molecule has 0 saturated carbocycles. The summed E-state index contributed by atoms with van der Waals surface area (Å²) in [7, 11) is 0. The van der Waals surface area contributed by atoms with Crippen LogP contribution in [0, 0.1) is 0 Å². The molecule has 0 unspecified atom stereocenters. The molecule has 0 radical (unpaired) electrons. The van der Waals surface area contributed by atoms with Crippen LogP contribution in [0.1, 0.15) is 11.1 Å². The van der Waals surface area contributed by atoms with Crippen LogP contribution in [-0.4, -0.2) is 0 Å². The lowest BCUT2D eigenvalue weighted by Gasteiger charge is -2.11. The van der Waals surface area contributed by atoms with Crippen LogP contribution in [0.3, 0.4) is 0 Å². The second-order valence-electron chi connectivity index (χ2n) is 5.51. The first-order valence-corrected chi connectivity index (χ1v) is 9.31. The molecular weight excluding hydrogens is 421 g/mol. The van der Waals surface area contributed by atoms with E-state index in [1.807, 2.05) is 60.7 Å². The Morgan fingerprint density at radius 3 is 2.52 bits per heavy atom. The van der Waals surface area contributed by atoms with Crippen molar-refractivity contribution in [2.24, 2.45) is 0 Å². The van der Waals surface area contributed by atoms with Gasteiger partial charge in [-0.3, -0.25) is 0 Å². The molecule has 0 aromatic heterocycles. The summed E-state index contributed by atoms with van der Waals surface area (Å²) in [4.78, 5) is 0. The number of rotatable bonds is 6. The van der Waals surface area contributed by atoms with Crippen LogP contribution in [0.4, 0.5) is 5.69 Å². The summed E-state index contributed by atoms with van der Waals surface area (Å²) in [5.41, 5.74) is 3.06. The molecule has 0 aliphatic carbocycles. The number of hydrogen-bond acceptors (Lipinski definition) is 2. The maximum absolute atomic E-state index is 6.16. The van der Waals surface area contributed by atoms with Gasteiger partial charge in [0.05, 0.1) is 5.02 Å². The molecule has 1 N–H and O–H groups in total. The molecule has 25 heavy (non-hydrogen) atoms. The fourth-order valence-corrected chi connectivity index (χ4v) is 2.95. The van der Waals surface area contributed by atoms with E-state index in [0.717, 1.165) is 27.0 Å². The number of benzene rings is 3. The van der Waals surface area contributed by atoms with E-state index in [2.05, 4.69) is 27.3 Å². The summed E-state index contributed by atoms with van der Waals surface area (Å²) in [6, 6.07) is 21.5. The number of hydrogen-bond donors (Lipinski definition) is 1. The molecule has 0 saturated heterocycles. The molecule has 3 aromatic rings. The van der Waals surface area contributed by atoms with Gasteiger partial charge < -0.3 is 10.1 Å². The van der Waals surface area contributed by atoms with E-state index in [1.54, 1.807) is 0 Å². The Bertz CT molecular complexity index is 870. The largest absolute Gasteiger partial charge is 0.489 e. The van der Waals surface area contributed by atoms with Gasteiger partial charge in [0.2, 0.25) is 0 Å². The molecule has 0 atom stereocenters. The lowest BCUT2D eigenvalue weighted by Crippen LogP contribution is -2.01. The summed E-state index contributed by atoms with van der Waals surface area (Å²) in [6.07, 6.45) is 0. The summed E-state index contributed by atoms with van der Waals surface area (Å²) >= 11 is 15.7. The van der Waals surface area contributed by atoms with Gasteiger partial charge in [0.1, 0.15) is 12.4 Å². The topological polar surface area (TPSA) is 21.3 Å². The van der Waals surface area contributed by atoms with Crippen LogP contribution < -0.4 is 10.1 Å². The molecular formula is C20H16BrCl2NO. The van der Waals surface area contributed by atoms with Crippen molar-refractivity contribution in [3.63, 3.8) is 0 Å². The third-order valence-corrected chi connectivity index (χ3v) is 5.27. The zero-order valence-electron chi connectivity index (χ0n) is 13.3. The number of anilines is 1. The average molecular weight is 437 g/mol. The molecule has 3 aromatic carbocycles. The molecule has 0 amide bonds. The summed E-state index contributed by atoms with van der Waals surface area (Å²) in [5.74, 6) is 0.813. The number of ether oxygens (including phenoxy) is 1. The molecule has 0 bridgehead atoms. The average Bonchev–Trinajstić information content (AvgIpc) is 2.62. The Balaban J connectivity index is 1.61. The van der Waals surface area contributed by atoms with Crippen molar-refractivity contribution in [2.45, 2.75) is 13.2 Å². The summed E-state index contributed by atoms with van der Waals surface area (Å²) in [5, 5.41) is 4.75. The van der Waals surface area contributed by atoms with E-state index >= 15 is 0 Å². The van der Waals surface area contributed by atoms with Crippen LogP contribution in [0.5, 0.6) is 5.75 Å². The third-order valence-electron chi connectivity index (χ3n) is 3.67. The van der Waals surface area contributed by atoms with Crippen LogP contribution in [0.15, 0.2) is 71.2 Å². The van der Waals surface area contributed by atoms with Gasteiger partial charge in [0.25, 0.3) is 0 Å². The van der Waals surface area contributed by atoms with E-state index in [4.69, 9.17) is 27.9 Å². The van der Waals surface area contributed by atoms with Crippen LogP contribution in [0.2, 0.25) is 10.0 Å². The molecule has 5 heteroatoms. The van der Waals surface area contributed by atoms with Gasteiger partial charge in [-0.1, -0.05) is 53.5 Å². The van der Waals surface area contributed by atoms with Crippen molar-refractivity contribution < 1.29 is 4.74 Å². The Morgan fingerprint density at radius 2 is 1.72 bits per heavy atom. The highest BCUT2D eigenvalue weighted by Gasteiger charge is 2.03. The highest BCUT2D eigenvalue weighted by atomic mass is 79.9. The number of halogens is 3. The molecule has 0 spiro atoms. The lowest BCUT2D eigenvalue weighted by molar-refractivity contribution is 0.306. The van der Waals surface area contributed by atoms with E-state index in [9.17, 15) is 0 Å². The second kappa shape index (κ2) is 8.61. The van der Waals surface area contributed by atoms with Gasteiger partial charge in [-0.25, -0.2) is 0 Å². The fraction of sp³-hybridized carbons (Fsp3) is 0.100. The van der Waals surface area contributed by atoms with Crippen molar-refractivity contribution in [2.75, 3.05) is 5.32 Å². The van der Waals surface area contributed by atoms with Gasteiger partial charge in [-0.05, 0) is 57.9 Å².